The largest absolute Gasteiger partial charge is 0.488 e. The SMILES string of the molecule is C#C.CC(C)(C)CC(C)(C)Oc1ccc(-c2nc3ccccc3c(=O)[nH]2)cc1. The molecule has 2 aromatic carbocycles. The number of H-pyrrole nitrogens is 1. The van der Waals surface area contributed by atoms with Gasteiger partial charge in [0.1, 0.15) is 17.2 Å². The van der Waals surface area contributed by atoms with Crippen molar-refractivity contribution in [2.24, 2.45) is 5.41 Å². The van der Waals surface area contributed by atoms with Gasteiger partial charge in [0.15, 0.2) is 0 Å². The van der Waals surface area contributed by atoms with Crippen molar-refractivity contribution in [3.8, 4) is 30.0 Å². The molecule has 28 heavy (non-hydrogen) atoms. The van der Waals surface area contributed by atoms with E-state index in [1.165, 1.54) is 0 Å². The van der Waals surface area contributed by atoms with Gasteiger partial charge in [-0.3, -0.25) is 4.79 Å². The molecule has 1 heterocycles. The predicted molar refractivity (Wildman–Crippen MR) is 116 cm³/mol. The molecule has 0 fully saturated rings. The van der Waals surface area contributed by atoms with Crippen molar-refractivity contribution in [3.05, 3.63) is 58.9 Å². The molecule has 1 N–H and O–H groups in total. The predicted octanol–water partition coefficient (Wildman–Crippen LogP) is 5.43. The zero-order chi connectivity index (χ0) is 20.9. The molecule has 146 valence electrons. The number of hydrogen-bond donors (Lipinski definition) is 1. The van der Waals surface area contributed by atoms with Crippen LogP contribution in [0.4, 0.5) is 0 Å². The van der Waals surface area contributed by atoms with Gasteiger partial charge in [-0.1, -0.05) is 32.9 Å². The highest BCUT2D eigenvalue weighted by Gasteiger charge is 2.27. The minimum Gasteiger partial charge on any atom is -0.488 e. The summed E-state index contributed by atoms with van der Waals surface area (Å²) < 4.78 is 6.17. The molecule has 0 unspecified atom stereocenters. The zero-order valence-electron chi connectivity index (χ0n) is 17.2. The molecule has 0 spiro atoms. The Morgan fingerprint density at radius 2 is 1.57 bits per heavy atom. The maximum Gasteiger partial charge on any atom is 0.259 e. The average Bonchev–Trinajstić information content (AvgIpc) is 2.61. The summed E-state index contributed by atoms with van der Waals surface area (Å²) in [7, 11) is 0. The maximum absolute atomic E-state index is 12.2. The summed E-state index contributed by atoms with van der Waals surface area (Å²) in [6.45, 7) is 10.8. The molecule has 3 aromatic rings. The van der Waals surface area contributed by atoms with Crippen LogP contribution in [0.25, 0.3) is 22.3 Å². The molecule has 0 atom stereocenters. The zero-order valence-corrected chi connectivity index (χ0v) is 17.2. The standard InChI is InChI=1S/C22H26N2O2.C2H2/c1-21(2,3)14-22(4,5)26-16-12-10-15(11-13-16)19-23-18-9-7-6-8-17(18)20(25)24-19;1-2/h6-13H,14H2,1-5H3,(H,23,24,25);1-2H. The number of terminal acetylenes is 1. The summed E-state index contributed by atoms with van der Waals surface area (Å²) in [6.07, 6.45) is 8.95. The van der Waals surface area contributed by atoms with Crippen LogP contribution in [0.2, 0.25) is 0 Å². The van der Waals surface area contributed by atoms with E-state index in [0.29, 0.717) is 16.7 Å². The second-order valence-corrected chi connectivity index (χ2v) is 8.56. The summed E-state index contributed by atoms with van der Waals surface area (Å²) in [6, 6.07) is 15.0. The summed E-state index contributed by atoms with van der Waals surface area (Å²) in [4.78, 5) is 19.7. The van der Waals surface area contributed by atoms with E-state index < -0.39 is 0 Å². The fraction of sp³-hybridized carbons (Fsp3) is 0.333. The Morgan fingerprint density at radius 1 is 0.964 bits per heavy atom. The highest BCUT2D eigenvalue weighted by Crippen LogP contribution is 2.31. The molecule has 4 nitrogen and oxygen atoms in total. The highest BCUT2D eigenvalue weighted by atomic mass is 16.5. The lowest BCUT2D eigenvalue weighted by atomic mass is 9.83. The number of para-hydroxylation sites is 1. The summed E-state index contributed by atoms with van der Waals surface area (Å²) in [5.41, 5.74) is 1.36. The number of benzene rings is 2. The lowest BCUT2D eigenvalue weighted by Crippen LogP contribution is -2.33. The first-order chi connectivity index (χ1) is 13.1. The Morgan fingerprint density at radius 3 is 2.18 bits per heavy atom. The Balaban J connectivity index is 0.00000136. The van der Waals surface area contributed by atoms with Gasteiger partial charge in [0, 0.05) is 5.56 Å². The number of rotatable bonds is 4. The van der Waals surface area contributed by atoms with Gasteiger partial charge in [0.2, 0.25) is 0 Å². The van der Waals surface area contributed by atoms with E-state index in [4.69, 9.17) is 4.74 Å². The van der Waals surface area contributed by atoms with Gasteiger partial charge in [-0.15, -0.1) is 12.8 Å². The molecule has 0 saturated heterocycles. The van der Waals surface area contributed by atoms with E-state index in [1.54, 1.807) is 6.07 Å². The fourth-order valence-electron chi connectivity index (χ4n) is 3.54. The molecule has 0 aliphatic rings. The van der Waals surface area contributed by atoms with Crippen LogP contribution >= 0.6 is 0 Å². The van der Waals surface area contributed by atoms with Crippen molar-refractivity contribution in [1.29, 1.82) is 0 Å². The van der Waals surface area contributed by atoms with Crippen LogP contribution in [0.15, 0.2) is 53.3 Å². The number of hydrogen-bond acceptors (Lipinski definition) is 3. The monoisotopic (exact) mass is 376 g/mol. The average molecular weight is 377 g/mol. The van der Waals surface area contributed by atoms with Crippen LogP contribution in [-0.4, -0.2) is 15.6 Å². The number of nitrogens with one attached hydrogen (secondary N) is 1. The van der Waals surface area contributed by atoms with Crippen LogP contribution in [0.5, 0.6) is 5.75 Å². The van der Waals surface area contributed by atoms with Crippen molar-refractivity contribution in [3.63, 3.8) is 0 Å². The normalized spacial score (nSPS) is 11.5. The minimum atomic E-state index is -0.255. The molecule has 4 heteroatoms. The Bertz CT molecular complexity index is 1010. The van der Waals surface area contributed by atoms with Gasteiger partial charge in [-0.2, -0.15) is 0 Å². The van der Waals surface area contributed by atoms with Gasteiger partial charge in [0.25, 0.3) is 5.56 Å². The minimum absolute atomic E-state index is 0.128. The lowest BCUT2D eigenvalue weighted by Gasteiger charge is -2.33. The molecule has 0 aliphatic carbocycles. The molecule has 0 radical (unpaired) electrons. The smallest absolute Gasteiger partial charge is 0.259 e. The molecule has 3 rings (SSSR count). The van der Waals surface area contributed by atoms with Crippen molar-refractivity contribution in [2.45, 2.75) is 46.6 Å². The second-order valence-electron chi connectivity index (χ2n) is 8.56. The summed E-state index contributed by atoms with van der Waals surface area (Å²) in [5.74, 6) is 1.38. The third kappa shape index (κ3) is 5.47. The summed E-state index contributed by atoms with van der Waals surface area (Å²) >= 11 is 0. The first-order valence-electron chi connectivity index (χ1n) is 9.25. The third-order valence-electron chi connectivity index (χ3n) is 4.09. The van der Waals surface area contributed by atoms with Crippen molar-refractivity contribution < 1.29 is 4.74 Å². The molecule has 1 aromatic heterocycles. The Labute approximate surface area is 167 Å². The lowest BCUT2D eigenvalue weighted by molar-refractivity contribution is 0.0622. The van der Waals surface area contributed by atoms with Crippen LogP contribution in [0, 0.1) is 18.3 Å². The van der Waals surface area contributed by atoms with Crippen molar-refractivity contribution >= 4 is 10.9 Å². The number of fused-ring (bicyclic) bond motifs is 1. The third-order valence-corrected chi connectivity index (χ3v) is 4.09. The Kier molecular flexibility index (Phi) is 6.30. The quantitative estimate of drug-likeness (QED) is 0.618. The maximum atomic E-state index is 12.2. The van der Waals surface area contributed by atoms with E-state index in [2.05, 4.69) is 57.4 Å². The van der Waals surface area contributed by atoms with E-state index in [-0.39, 0.29) is 16.6 Å². The number of nitrogens with zero attached hydrogens (tertiary/aromatic N) is 1. The van der Waals surface area contributed by atoms with Gasteiger partial charge in [-0.05, 0) is 62.1 Å². The van der Waals surface area contributed by atoms with Crippen LogP contribution in [0.1, 0.15) is 41.0 Å². The van der Waals surface area contributed by atoms with Gasteiger partial charge in [0.05, 0.1) is 10.9 Å². The van der Waals surface area contributed by atoms with Gasteiger partial charge in [-0.25, -0.2) is 4.98 Å². The molecule has 0 amide bonds. The van der Waals surface area contributed by atoms with Crippen molar-refractivity contribution in [1.82, 2.24) is 9.97 Å². The number of aromatic nitrogens is 2. The molecule has 0 bridgehead atoms. The molecule has 0 aliphatic heterocycles. The molecular weight excluding hydrogens is 348 g/mol. The first-order valence-corrected chi connectivity index (χ1v) is 9.25. The van der Waals surface area contributed by atoms with Crippen LogP contribution < -0.4 is 10.3 Å². The first kappa shape index (κ1) is 21.2. The van der Waals surface area contributed by atoms with Crippen LogP contribution in [0.3, 0.4) is 0 Å². The Hall–Kier alpha value is -3.06. The highest BCUT2D eigenvalue weighted by molar-refractivity contribution is 5.79. The van der Waals surface area contributed by atoms with E-state index in [9.17, 15) is 4.79 Å². The summed E-state index contributed by atoms with van der Waals surface area (Å²) in [5, 5.41) is 0.597. The molecule has 0 saturated carbocycles. The van der Waals surface area contributed by atoms with E-state index in [0.717, 1.165) is 17.7 Å². The van der Waals surface area contributed by atoms with Crippen molar-refractivity contribution in [2.75, 3.05) is 0 Å². The topological polar surface area (TPSA) is 55.0 Å². The number of ether oxygens (including phenoxy) is 1. The van der Waals surface area contributed by atoms with Crippen LogP contribution in [-0.2, 0) is 0 Å². The molecular formula is C24H28N2O2. The van der Waals surface area contributed by atoms with E-state index in [1.807, 2.05) is 42.5 Å². The van der Waals surface area contributed by atoms with E-state index >= 15 is 0 Å². The fourth-order valence-corrected chi connectivity index (χ4v) is 3.54. The number of aromatic amines is 1. The second kappa shape index (κ2) is 8.31. The van der Waals surface area contributed by atoms with Gasteiger partial charge >= 0.3 is 0 Å². The van der Waals surface area contributed by atoms with Gasteiger partial charge < -0.3 is 9.72 Å².